The van der Waals surface area contributed by atoms with E-state index in [1.807, 2.05) is 0 Å². The number of nitrogens with one attached hydrogen (secondary N) is 1. The SMILES string of the molecule is CNC(=O)c1c(-c2ccc(Br)cc2)oc2ccc(O)c(F)c12. The first-order valence-electron chi connectivity index (χ1n) is 6.45. The molecule has 0 saturated carbocycles. The van der Waals surface area contributed by atoms with Crippen LogP contribution in [-0.2, 0) is 0 Å². The van der Waals surface area contributed by atoms with Gasteiger partial charge in [0, 0.05) is 17.1 Å². The Morgan fingerprint density at radius 2 is 1.91 bits per heavy atom. The van der Waals surface area contributed by atoms with E-state index in [9.17, 15) is 14.3 Å². The van der Waals surface area contributed by atoms with E-state index in [4.69, 9.17) is 4.42 Å². The van der Waals surface area contributed by atoms with Crippen LogP contribution in [0, 0.1) is 5.82 Å². The highest BCUT2D eigenvalue weighted by Gasteiger charge is 2.25. The lowest BCUT2D eigenvalue weighted by molar-refractivity contribution is 0.0964. The molecule has 1 heterocycles. The highest BCUT2D eigenvalue weighted by atomic mass is 79.9. The number of amides is 1. The zero-order valence-corrected chi connectivity index (χ0v) is 13.1. The summed E-state index contributed by atoms with van der Waals surface area (Å²) in [6, 6.07) is 9.73. The van der Waals surface area contributed by atoms with Crippen molar-refractivity contribution in [1.82, 2.24) is 5.32 Å². The normalized spacial score (nSPS) is 10.9. The summed E-state index contributed by atoms with van der Waals surface area (Å²) in [6.45, 7) is 0. The number of aromatic hydroxyl groups is 1. The molecule has 3 rings (SSSR count). The molecule has 3 aromatic rings. The second-order valence-electron chi connectivity index (χ2n) is 4.66. The summed E-state index contributed by atoms with van der Waals surface area (Å²) < 4.78 is 20.8. The fourth-order valence-electron chi connectivity index (χ4n) is 2.29. The van der Waals surface area contributed by atoms with Gasteiger partial charge in [-0.1, -0.05) is 28.1 Å². The van der Waals surface area contributed by atoms with E-state index in [2.05, 4.69) is 21.2 Å². The Hall–Kier alpha value is -2.34. The van der Waals surface area contributed by atoms with Crippen molar-refractivity contribution >= 4 is 32.8 Å². The molecule has 0 saturated heterocycles. The van der Waals surface area contributed by atoms with Crippen LogP contribution in [0.1, 0.15) is 10.4 Å². The van der Waals surface area contributed by atoms with Gasteiger partial charge in [0.1, 0.15) is 11.3 Å². The summed E-state index contributed by atoms with van der Waals surface area (Å²) in [6.07, 6.45) is 0. The average molecular weight is 364 g/mol. The number of furan rings is 1. The number of carbonyl (C=O) groups is 1. The predicted octanol–water partition coefficient (Wildman–Crippen LogP) is 4.07. The molecule has 0 spiro atoms. The zero-order chi connectivity index (χ0) is 15.9. The second kappa shape index (κ2) is 5.46. The van der Waals surface area contributed by atoms with Crippen molar-refractivity contribution in [2.75, 3.05) is 7.05 Å². The monoisotopic (exact) mass is 363 g/mol. The van der Waals surface area contributed by atoms with Crippen molar-refractivity contribution in [2.24, 2.45) is 0 Å². The van der Waals surface area contributed by atoms with E-state index in [0.29, 0.717) is 5.56 Å². The van der Waals surface area contributed by atoms with E-state index >= 15 is 0 Å². The van der Waals surface area contributed by atoms with Crippen molar-refractivity contribution in [1.29, 1.82) is 0 Å². The lowest BCUT2D eigenvalue weighted by atomic mass is 10.0. The van der Waals surface area contributed by atoms with Gasteiger partial charge in [-0.3, -0.25) is 4.79 Å². The standard InChI is InChI=1S/C16H11BrFNO3/c1-19-16(21)13-12-11(7-6-10(20)14(12)18)22-15(13)8-2-4-9(17)5-3-8/h2-7,20H,1H3,(H,19,21). The number of hydrogen-bond acceptors (Lipinski definition) is 3. The molecule has 1 aromatic heterocycles. The third kappa shape index (κ3) is 2.25. The lowest BCUT2D eigenvalue weighted by Gasteiger charge is -2.03. The van der Waals surface area contributed by atoms with Crippen molar-refractivity contribution in [3.05, 3.63) is 52.3 Å². The summed E-state index contributed by atoms with van der Waals surface area (Å²) in [5.41, 5.74) is 0.900. The number of benzene rings is 2. The van der Waals surface area contributed by atoms with E-state index in [0.717, 1.165) is 4.47 Å². The minimum absolute atomic E-state index is 0.0303. The van der Waals surface area contributed by atoms with Gasteiger partial charge in [0.05, 0.1) is 10.9 Å². The molecule has 0 aliphatic heterocycles. The molecule has 6 heteroatoms. The largest absolute Gasteiger partial charge is 0.505 e. The number of phenols is 1. The number of halogens is 2. The zero-order valence-electron chi connectivity index (χ0n) is 11.5. The third-order valence-corrected chi connectivity index (χ3v) is 3.86. The molecule has 0 fully saturated rings. The van der Waals surface area contributed by atoms with Crippen LogP contribution in [0.2, 0.25) is 0 Å². The van der Waals surface area contributed by atoms with Crippen LogP contribution in [0.25, 0.3) is 22.3 Å². The van der Waals surface area contributed by atoms with Gasteiger partial charge < -0.3 is 14.8 Å². The van der Waals surface area contributed by atoms with E-state index in [1.165, 1.54) is 19.2 Å². The van der Waals surface area contributed by atoms with Crippen LogP contribution in [0.5, 0.6) is 5.75 Å². The fourth-order valence-corrected chi connectivity index (χ4v) is 2.55. The molecule has 0 unspecified atom stereocenters. The van der Waals surface area contributed by atoms with Gasteiger partial charge >= 0.3 is 0 Å². The fraction of sp³-hybridized carbons (Fsp3) is 0.0625. The van der Waals surface area contributed by atoms with E-state index in [1.54, 1.807) is 24.3 Å². The third-order valence-electron chi connectivity index (χ3n) is 3.33. The molecule has 2 N–H and O–H groups in total. The van der Waals surface area contributed by atoms with Crippen LogP contribution >= 0.6 is 15.9 Å². The number of carbonyl (C=O) groups excluding carboxylic acids is 1. The Labute approximate surface area is 133 Å². The molecule has 0 bridgehead atoms. The number of fused-ring (bicyclic) bond motifs is 1. The maximum Gasteiger partial charge on any atom is 0.255 e. The van der Waals surface area contributed by atoms with Gasteiger partial charge in [0.25, 0.3) is 5.91 Å². The quantitative estimate of drug-likeness (QED) is 0.721. The van der Waals surface area contributed by atoms with Gasteiger partial charge in [-0.05, 0) is 24.3 Å². The topological polar surface area (TPSA) is 62.5 Å². The van der Waals surface area contributed by atoms with Crippen LogP contribution in [0.4, 0.5) is 4.39 Å². The van der Waals surface area contributed by atoms with Crippen LogP contribution < -0.4 is 5.32 Å². The minimum Gasteiger partial charge on any atom is -0.505 e. The maximum absolute atomic E-state index is 14.3. The molecule has 4 nitrogen and oxygen atoms in total. The molecule has 0 aliphatic carbocycles. The molecular weight excluding hydrogens is 353 g/mol. The molecule has 22 heavy (non-hydrogen) atoms. The van der Waals surface area contributed by atoms with Gasteiger partial charge in [0.15, 0.2) is 11.6 Å². The van der Waals surface area contributed by atoms with Crippen molar-refractivity contribution in [3.8, 4) is 17.1 Å². The smallest absolute Gasteiger partial charge is 0.255 e. The number of rotatable bonds is 2. The average Bonchev–Trinajstić information content (AvgIpc) is 2.91. The van der Waals surface area contributed by atoms with E-state index in [-0.39, 0.29) is 22.3 Å². The Kier molecular flexibility index (Phi) is 3.62. The minimum atomic E-state index is -0.872. The first-order valence-corrected chi connectivity index (χ1v) is 7.24. The molecule has 0 aliphatic rings. The van der Waals surface area contributed by atoms with Gasteiger partial charge in [-0.25, -0.2) is 4.39 Å². The summed E-state index contributed by atoms with van der Waals surface area (Å²) in [4.78, 5) is 12.2. The predicted molar refractivity (Wildman–Crippen MR) is 84.4 cm³/mol. The van der Waals surface area contributed by atoms with E-state index < -0.39 is 17.5 Å². The molecule has 1 amide bonds. The Balaban J connectivity index is 2.37. The van der Waals surface area contributed by atoms with Crippen molar-refractivity contribution in [2.45, 2.75) is 0 Å². The Morgan fingerprint density at radius 1 is 1.23 bits per heavy atom. The van der Waals surface area contributed by atoms with Crippen LogP contribution in [-0.4, -0.2) is 18.1 Å². The highest BCUT2D eigenvalue weighted by Crippen LogP contribution is 2.37. The number of phenolic OH excluding ortho intramolecular Hbond substituents is 1. The second-order valence-corrected chi connectivity index (χ2v) is 5.58. The van der Waals surface area contributed by atoms with Crippen LogP contribution in [0.3, 0.4) is 0 Å². The Morgan fingerprint density at radius 3 is 2.55 bits per heavy atom. The molecular formula is C16H11BrFNO3. The molecule has 112 valence electrons. The van der Waals surface area contributed by atoms with Crippen molar-refractivity contribution < 1.29 is 18.7 Å². The first-order chi connectivity index (χ1) is 10.5. The molecule has 2 aromatic carbocycles. The lowest BCUT2D eigenvalue weighted by Crippen LogP contribution is -2.18. The highest BCUT2D eigenvalue weighted by molar-refractivity contribution is 9.10. The van der Waals surface area contributed by atoms with Gasteiger partial charge in [-0.15, -0.1) is 0 Å². The first kappa shape index (κ1) is 14.6. The summed E-state index contributed by atoms with van der Waals surface area (Å²) >= 11 is 3.33. The summed E-state index contributed by atoms with van der Waals surface area (Å²) in [7, 11) is 1.45. The van der Waals surface area contributed by atoms with Gasteiger partial charge in [-0.2, -0.15) is 0 Å². The molecule has 0 atom stereocenters. The van der Waals surface area contributed by atoms with Crippen molar-refractivity contribution in [3.63, 3.8) is 0 Å². The summed E-state index contributed by atoms with van der Waals surface area (Å²) in [5.74, 6) is -1.63. The summed E-state index contributed by atoms with van der Waals surface area (Å²) in [5, 5.41) is 12.0. The molecule has 0 radical (unpaired) electrons. The number of hydrogen-bond donors (Lipinski definition) is 2. The van der Waals surface area contributed by atoms with Crippen LogP contribution in [0.15, 0.2) is 45.3 Å². The Bertz CT molecular complexity index is 871. The van der Waals surface area contributed by atoms with Gasteiger partial charge in [0.2, 0.25) is 0 Å². The maximum atomic E-state index is 14.3.